The summed E-state index contributed by atoms with van der Waals surface area (Å²) in [5.74, 6) is -4.95. The average molecular weight is 240 g/mol. The van der Waals surface area contributed by atoms with Gasteiger partial charge in [0, 0.05) is 0 Å². The first-order valence-corrected chi connectivity index (χ1v) is 4.00. The lowest BCUT2D eigenvalue weighted by Gasteiger charge is -2.31. The summed E-state index contributed by atoms with van der Waals surface area (Å²) in [7, 11) is 0. The minimum Gasteiger partial charge on any atom is -0.272 e. The fourth-order valence-corrected chi connectivity index (χ4v) is 1.44. The summed E-state index contributed by atoms with van der Waals surface area (Å²) < 4.78 is 90.6. The van der Waals surface area contributed by atoms with Gasteiger partial charge in [0.1, 0.15) is 0 Å². The Morgan fingerprint density at radius 1 is 1.13 bits per heavy atom. The first-order valence-electron chi connectivity index (χ1n) is 4.00. The van der Waals surface area contributed by atoms with Crippen molar-refractivity contribution in [2.45, 2.75) is 43.6 Å². The van der Waals surface area contributed by atoms with E-state index in [1.54, 1.807) is 0 Å². The van der Waals surface area contributed by atoms with Crippen LogP contribution in [0.25, 0.3) is 0 Å². The highest BCUT2D eigenvalue weighted by atomic mass is 19.4. The largest absolute Gasteiger partial charge is 0.452 e. The van der Waals surface area contributed by atoms with Crippen LogP contribution < -0.4 is 0 Å². The van der Waals surface area contributed by atoms with E-state index in [1.165, 1.54) is 0 Å². The zero-order valence-electron chi connectivity index (χ0n) is 7.47. The predicted molar refractivity (Wildman–Crippen MR) is 34.7 cm³/mol. The molecule has 0 aromatic carbocycles. The van der Waals surface area contributed by atoms with Crippen LogP contribution in [0.3, 0.4) is 0 Å². The topological polar surface area (TPSA) is 9.23 Å². The summed E-state index contributed by atoms with van der Waals surface area (Å²) in [5, 5.41) is 0. The zero-order chi connectivity index (χ0) is 12.1. The van der Waals surface area contributed by atoms with Gasteiger partial charge in [0.25, 0.3) is 0 Å². The van der Waals surface area contributed by atoms with Crippen LogP contribution in [0.2, 0.25) is 0 Å². The van der Waals surface area contributed by atoms with E-state index in [0.29, 0.717) is 0 Å². The Hall–Kier alpha value is -0.530. The molecule has 0 bridgehead atoms. The van der Waals surface area contributed by atoms with Crippen molar-refractivity contribution in [3.63, 3.8) is 0 Å². The van der Waals surface area contributed by atoms with E-state index in [9.17, 15) is 30.7 Å². The summed E-state index contributed by atoms with van der Waals surface area (Å²) in [5.41, 5.74) is -3.76. The molecule has 0 aromatic heterocycles. The maximum atomic E-state index is 13.4. The van der Waals surface area contributed by atoms with Crippen LogP contribution >= 0.6 is 0 Å². The van der Waals surface area contributed by atoms with Crippen molar-refractivity contribution in [2.75, 3.05) is 0 Å². The van der Waals surface area contributed by atoms with Gasteiger partial charge < -0.3 is 0 Å². The third-order valence-corrected chi connectivity index (χ3v) is 2.28. The van der Waals surface area contributed by atoms with Crippen molar-refractivity contribution in [3.05, 3.63) is 0 Å². The Kier molecular flexibility index (Phi) is 2.50. The second-order valence-electron chi connectivity index (χ2n) is 3.33. The molecule has 1 rings (SSSR count). The third kappa shape index (κ3) is 1.68. The summed E-state index contributed by atoms with van der Waals surface area (Å²) in [6.07, 6.45) is -13.3. The van der Waals surface area contributed by atoms with Crippen molar-refractivity contribution in [2.24, 2.45) is 0 Å². The standard InChI is InChI=1S/C7H7F7O/c1-2-4(8)3-5(9,10)15-6(4,11)7(12,13)14/h2-3H2,1H3. The van der Waals surface area contributed by atoms with E-state index in [2.05, 4.69) is 4.74 Å². The fraction of sp³-hybridized carbons (Fsp3) is 1.00. The second-order valence-corrected chi connectivity index (χ2v) is 3.33. The SMILES string of the molecule is CCC1(F)CC(F)(F)OC1(F)C(F)(F)F. The molecule has 0 radical (unpaired) electrons. The van der Waals surface area contributed by atoms with Gasteiger partial charge >= 0.3 is 18.1 Å². The third-order valence-electron chi connectivity index (χ3n) is 2.28. The van der Waals surface area contributed by atoms with E-state index in [1.807, 2.05) is 0 Å². The van der Waals surface area contributed by atoms with E-state index in [-0.39, 0.29) is 0 Å². The Balaban J connectivity index is 3.18. The lowest BCUT2D eigenvalue weighted by molar-refractivity contribution is -0.394. The molecule has 1 nitrogen and oxygen atoms in total. The summed E-state index contributed by atoms with van der Waals surface area (Å²) in [6.45, 7) is 0.838. The van der Waals surface area contributed by atoms with E-state index >= 15 is 0 Å². The van der Waals surface area contributed by atoms with Crippen LogP contribution in [0.5, 0.6) is 0 Å². The van der Waals surface area contributed by atoms with Gasteiger partial charge in [-0.25, -0.2) is 4.39 Å². The van der Waals surface area contributed by atoms with Gasteiger partial charge in [-0.3, -0.25) is 4.74 Å². The Labute approximate surface area is 80.2 Å². The van der Waals surface area contributed by atoms with Gasteiger partial charge in [-0.05, 0) is 6.42 Å². The van der Waals surface area contributed by atoms with E-state index in [4.69, 9.17) is 0 Å². The number of ether oxygens (including phenoxy) is 1. The summed E-state index contributed by atoms with van der Waals surface area (Å²) in [4.78, 5) is 0. The molecule has 8 heteroatoms. The lowest BCUT2D eigenvalue weighted by atomic mass is 9.91. The van der Waals surface area contributed by atoms with Gasteiger partial charge in [0.05, 0.1) is 6.42 Å². The van der Waals surface area contributed by atoms with Gasteiger partial charge in [0.2, 0.25) is 0 Å². The van der Waals surface area contributed by atoms with Crippen LogP contribution in [0.4, 0.5) is 30.7 Å². The molecule has 0 aromatic rings. The van der Waals surface area contributed by atoms with Crippen molar-refractivity contribution < 1.29 is 35.5 Å². The van der Waals surface area contributed by atoms with Crippen molar-refractivity contribution in [1.29, 1.82) is 0 Å². The molecule has 1 aliphatic rings. The second kappa shape index (κ2) is 2.99. The average Bonchev–Trinajstić information content (AvgIpc) is 2.18. The number of hydrogen-bond donors (Lipinski definition) is 0. The molecule has 0 amide bonds. The van der Waals surface area contributed by atoms with Crippen LogP contribution in [0.15, 0.2) is 0 Å². The van der Waals surface area contributed by atoms with E-state index in [0.717, 1.165) is 6.92 Å². The molecule has 2 atom stereocenters. The van der Waals surface area contributed by atoms with Crippen LogP contribution in [0, 0.1) is 0 Å². The normalized spacial score (nSPS) is 40.8. The first kappa shape index (κ1) is 12.5. The zero-order valence-corrected chi connectivity index (χ0v) is 7.47. The van der Waals surface area contributed by atoms with Gasteiger partial charge in [-0.15, -0.1) is 0 Å². The highest BCUT2D eigenvalue weighted by molar-refractivity contribution is 5.05. The maximum Gasteiger partial charge on any atom is 0.452 e. The number of rotatable bonds is 1. The number of halogens is 7. The van der Waals surface area contributed by atoms with Gasteiger partial charge in [-0.1, -0.05) is 6.92 Å². The monoisotopic (exact) mass is 240 g/mol. The molecule has 0 N–H and O–H groups in total. The Morgan fingerprint density at radius 3 is 1.87 bits per heavy atom. The number of alkyl halides is 7. The first-order chi connectivity index (χ1) is 6.47. The van der Waals surface area contributed by atoms with Gasteiger partial charge in [-0.2, -0.15) is 26.3 Å². The molecule has 90 valence electrons. The van der Waals surface area contributed by atoms with Crippen LogP contribution in [-0.2, 0) is 4.74 Å². The molecule has 0 aliphatic carbocycles. The lowest BCUT2D eigenvalue weighted by Crippen LogP contribution is -2.54. The van der Waals surface area contributed by atoms with Crippen molar-refractivity contribution in [3.8, 4) is 0 Å². The maximum absolute atomic E-state index is 13.4. The minimum absolute atomic E-state index is 0.838. The Morgan fingerprint density at radius 2 is 1.60 bits per heavy atom. The molecule has 0 saturated carbocycles. The van der Waals surface area contributed by atoms with Crippen molar-refractivity contribution in [1.82, 2.24) is 0 Å². The van der Waals surface area contributed by atoms with Crippen molar-refractivity contribution >= 4 is 0 Å². The molecular formula is C7H7F7O. The molecule has 1 aliphatic heterocycles. The van der Waals surface area contributed by atoms with E-state index < -0.39 is 36.7 Å². The number of hydrogen-bond acceptors (Lipinski definition) is 1. The minimum atomic E-state index is -5.84. The highest BCUT2D eigenvalue weighted by Gasteiger charge is 2.79. The van der Waals surface area contributed by atoms with Crippen LogP contribution in [-0.4, -0.2) is 23.8 Å². The molecule has 1 fully saturated rings. The quantitative estimate of drug-likeness (QED) is 0.638. The molecule has 0 spiro atoms. The molecular weight excluding hydrogens is 233 g/mol. The molecule has 15 heavy (non-hydrogen) atoms. The summed E-state index contributed by atoms with van der Waals surface area (Å²) >= 11 is 0. The predicted octanol–water partition coefficient (Wildman–Crippen LogP) is 3.35. The molecule has 1 saturated heterocycles. The molecule has 2 unspecified atom stereocenters. The smallest absolute Gasteiger partial charge is 0.272 e. The van der Waals surface area contributed by atoms with Crippen LogP contribution in [0.1, 0.15) is 19.8 Å². The highest BCUT2D eigenvalue weighted by Crippen LogP contribution is 2.58. The fourth-order valence-electron chi connectivity index (χ4n) is 1.44. The Bertz CT molecular complexity index is 263. The summed E-state index contributed by atoms with van der Waals surface area (Å²) in [6, 6.07) is 0. The molecule has 1 heterocycles. The van der Waals surface area contributed by atoms with Gasteiger partial charge in [0.15, 0.2) is 5.67 Å².